The van der Waals surface area contributed by atoms with E-state index >= 15 is 0 Å². The van der Waals surface area contributed by atoms with Crippen molar-refractivity contribution in [2.45, 2.75) is 19.9 Å². The van der Waals surface area contributed by atoms with Gasteiger partial charge in [0.2, 0.25) is 11.7 Å². The van der Waals surface area contributed by atoms with Gasteiger partial charge in [0.25, 0.3) is 0 Å². The average Bonchev–Trinajstić information content (AvgIpc) is 2.53. The number of benzene rings is 2. The summed E-state index contributed by atoms with van der Waals surface area (Å²) in [7, 11) is 0. The first kappa shape index (κ1) is 13.5. The van der Waals surface area contributed by atoms with Gasteiger partial charge >= 0.3 is 0 Å². The van der Waals surface area contributed by atoms with Gasteiger partial charge in [-0.3, -0.25) is 4.79 Å². The second kappa shape index (κ2) is 5.49. The van der Waals surface area contributed by atoms with Gasteiger partial charge in [0.1, 0.15) is 0 Å². The Balaban J connectivity index is 2.36. The van der Waals surface area contributed by atoms with E-state index in [4.69, 9.17) is 0 Å². The van der Waals surface area contributed by atoms with Crippen molar-refractivity contribution >= 4 is 16.6 Å². The average molecular weight is 276 g/mol. The van der Waals surface area contributed by atoms with E-state index in [1.807, 2.05) is 43.5 Å². The van der Waals surface area contributed by atoms with E-state index in [0.29, 0.717) is 0 Å². The first-order valence-electron chi connectivity index (χ1n) is 7.17. The van der Waals surface area contributed by atoms with Crippen molar-refractivity contribution in [2.75, 3.05) is 0 Å². The highest BCUT2D eigenvalue weighted by atomic mass is 16.1. The first-order valence-corrected chi connectivity index (χ1v) is 7.17. The molecule has 0 saturated heterocycles. The van der Waals surface area contributed by atoms with E-state index in [-0.39, 0.29) is 11.8 Å². The summed E-state index contributed by atoms with van der Waals surface area (Å²) in [6.45, 7) is 3.59. The van der Waals surface area contributed by atoms with Crippen LogP contribution in [0.15, 0.2) is 66.9 Å². The van der Waals surface area contributed by atoms with Crippen LogP contribution in [0.4, 0.5) is 0 Å². The minimum Gasteiger partial charge on any atom is -0.293 e. The van der Waals surface area contributed by atoms with Crippen LogP contribution in [0, 0.1) is 0 Å². The summed E-state index contributed by atoms with van der Waals surface area (Å²) in [6, 6.07) is 20.4. The zero-order valence-electron chi connectivity index (χ0n) is 12.3. The molecule has 0 saturated carbocycles. The predicted molar refractivity (Wildman–Crippen MR) is 85.0 cm³/mol. The van der Waals surface area contributed by atoms with Gasteiger partial charge in [-0.1, -0.05) is 36.4 Å². The molecule has 0 aliphatic carbocycles. The van der Waals surface area contributed by atoms with Crippen LogP contribution in [0.1, 0.15) is 19.9 Å². The lowest BCUT2D eigenvalue weighted by molar-refractivity contribution is -0.694. The van der Waals surface area contributed by atoms with E-state index in [1.54, 1.807) is 6.92 Å². The Labute approximate surface area is 124 Å². The Kier molecular flexibility index (Phi) is 3.53. The van der Waals surface area contributed by atoms with Crippen LogP contribution in [0.3, 0.4) is 0 Å². The van der Waals surface area contributed by atoms with Crippen molar-refractivity contribution in [1.82, 2.24) is 0 Å². The van der Waals surface area contributed by atoms with Crippen molar-refractivity contribution in [3.63, 3.8) is 0 Å². The third-order valence-corrected chi connectivity index (χ3v) is 3.94. The third-order valence-electron chi connectivity index (χ3n) is 3.94. The fraction of sp³-hybridized carbons (Fsp3) is 0.158. The van der Waals surface area contributed by atoms with Crippen LogP contribution >= 0.6 is 0 Å². The van der Waals surface area contributed by atoms with Crippen LogP contribution in [0.25, 0.3) is 22.0 Å². The van der Waals surface area contributed by atoms with E-state index in [2.05, 4.69) is 34.9 Å². The monoisotopic (exact) mass is 276 g/mol. The smallest absolute Gasteiger partial charge is 0.221 e. The van der Waals surface area contributed by atoms with Gasteiger partial charge in [-0.05, 0) is 23.6 Å². The summed E-state index contributed by atoms with van der Waals surface area (Å²) in [5.74, 6) is 0.160. The molecule has 1 unspecified atom stereocenters. The van der Waals surface area contributed by atoms with Crippen molar-refractivity contribution < 1.29 is 9.36 Å². The fourth-order valence-electron chi connectivity index (χ4n) is 2.65. The Hall–Kier alpha value is -2.48. The zero-order valence-corrected chi connectivity index (χ0v) is 12.3. The largest absolute Gasteiger partial charge is 0.293 e. The first-order chi connectivity index (χ1) is 10.2. The molecular formula is C19H18NO+. The molecule has 21 heavy (non-hydrogen) atoms. The number of rotatable bonds is 3. The summed E-state index contributed by atoms with van der Waals surface area (Å²) < 4.78 is 2.07. The second-order valence-corrected chi connectivity index (χ2v) is 5.31. The fourth-order valence-corrected chi connectivity index (χ4v) is 2.65. The maximum atomic E-state index is 11.8. The standard InChI is InChI=1S/C19H18NO/c1-14(15(2)21)20-13-12-16-8-6-7-11-18(16)19(20)17-9-4-3-5-10-17/h3-14H,1-2H3/q+1. The molecule has 0 aliphatic heterocycles. The SMILES string of the molecule is CC(=O)C(C)[n+]1ccc2ccccc2c1-c1ccccc1. The summed E-state index contributed by atoms with van der Waals surface area (Å²) in [5, 5.41) is 2.35. The number of pyridine rings is 1. The molecule has 3 aromatic rings. The molecule has 104 valence electrons. The van der Waals surface area contributed by atoms with Gasteiger partial charge in [0, 0.05) is 25.5 Å². The van der Waals surface area contributed by atoms with Gasteiger partial charge in [-0.15, -0.1) is 0 Å². The van der Waals surface area contributed by atoms with Gasteiger partial charge in [-0.2, -0.15) is 4.57 Å². The van der Waals surface area contributed by atoms with E-state index in [0.717, 1.165) is 11.3 Å². The summed E-state index contributed by atoms with van der Waals surface area (Å²) in [5.41, 5.74) is 2.22. The zero-order chi connectivity index (χ0) is 14.8. The summed E-state index contributed by atoms with van der Waals surface area (Å²) >= 11 is 0. The van der Waals surface area contributed by atoms with Crippen molar-refractivity contribution in [2.24, 2.45) is 0 Å². The summed E-state index contributed by atoms with van der Waals surface area (Å²) in [6.07, 6.45) is 2.01. The molecule has 0 amide bonds. The van der Waals surface area contributed by atoms with Gasteiger partial charge in [0.15, 0.2) is 12.0 Å². The number of ketones is 1. The van der Waals surface area contributed by atoms with Crippen LogP contribution in [0.2, 0.25) is 0 Å². The Bertz CT molecular complexity index is 793. The molecule has 0 bridgehead atoms. The minimum atomic E-state index is -0.176. The normalized spacial score (nSPS) is 12.3. The number of carbonyl (C=O) groups is 1. The van der Waals surface area contributed by atoms with E-state index < -0.39 is 0 Å². The molecule has 0 radical (unpaired) electrons. The second-order valence-electron chi connectivity index (χ2n) is 5.31. The molecule has 3 rings (SSSR count). The van der Waals surface area contributed by atoms with Crippen LogP contribution in [0.5, 0.6) is 0 Å². The molecular weight excluding hydrogens is 258 g/mol. The van der Waals surface area contributed by atoms with Crippen LogP contribution < -0.4 is 4.57 Å². The number of nitrogens with zero attached hydrogens (tertiary/aromatic N) is 1. The number of Topliss-reactive ketones (excluding diaryl/α,β-unsaturated/α-hetero) is 1. The molecule has 1 aromatic heterocycles. The molecule has 1 atom stereocenters. The lowest BCUT2D eigenvalue weighted by Gasteiger charge is -2.11. The molecule has 2 heteroatoms. The highest BCUT2D eigenvalue weighted by molar-refractivity contribution is 5.93. The highest BCUT2D eigenvalue weighted by Crippen LogP contribution is 2.26. The molecule has 2 aromatic carbocycles. The molecule has 0 spiro atoms. The van der Waals surface area contributed by atoms with Gasteiger partial charge < -0.3 is 0 Å². The Morgan fingerprint density at radius 2 is 1.62 bits per heavy atom. The van der Waals surface area contributed by atoms with Crippen LogP contribution in [-0.4, -0.2) is 5.78 Å². The van der Waals surface area contributed by atoms with E-state index in [1.165, 1.54) is 10.8 Å². The quantitative estimate of drug-likeness (QED) is 0.664. The number of carbonyl (C=O) groups excluding carboxylic acids is 1. The Morgan fingerprint density at radius 3 is 2.33 bits per heavy atom. The topological polar surface area (TPSA) is 20.9 Å². The van der Waals surface area contributed by atoms with Crippen LogP contribution in [-0.2, 0) is 4.79 Å². The summed E-state index contributed by atoms with van der Waals surface area (Å²) in [4.78, 5) is 11.8. The maximum absolute atomic E-state index is 11.8. The molecule has 0 N–H and O–H groups in total. The molecule has 1 heterocycles. The molecule has 0 aliphatic rings. The maximum Gasteiger partial charge on any atom is 0.221 e. The van der Waals surface area contributed by atoms with Gasteiger partial charge in [-0.25, -0.2) is 0 Å². The lowest BCUT2D eigenvalue weighted by Crippen LogP contribution is -2.43. The van der Waals surface area contributed by atoms with Crippen molar-refractivity contribution in [3.05, 3.63) is 66.9 Å². The minimum absolute atomic E-state index is 0.160. The van der Waals surface area contributed by atoms with E-state index in [9.17, 15) is 4.79 Å². The van der Waals surface area contributed by atoms with Gasteiger partial charge in [0.05, 0.1) is 5.39 Å². The number of hydrogen-bond donors (Lipinski definition) is 0. The lowest BCUT2D eigenvalue weighted by atomic mass is 10.0. The highest BCUT2D eigenvalue weighted by Gasteiger charge is 2.25. The van der Waals surface area contributed by atoms with Crippen molar-refractivity contribution in [1.29, 1.82) is 0 Å². The number of fused-ring (bicyclic) bond motifs is 1. The number of hydrogen-bond acceptors (Lipinski definition) is 1. The number of aromatic nitrogens is 1. The Morgan fingerprint density at radius 1 is 0.952 bits per heavy atom. The molecule has 2 nitrogen and oxygen atoms in total. The van der Waals surface area contributed by atoms with Crippen molar-refractivity contribution in [3.8, 4) is 11.3 Å². The third kappa shape index (κ3) is 2.45. The molecule has 0 fully saturated rings. The predicted octanol–water partition coefficient (Wildman–Crippen LogP) is 3.94.